The van der Waals surface area contributed by atoms with E-state index in [0.29, 0.717) is 6.20 Å². The number of rotatable bonds is 6. The fourth-order valence-electron chi connectivity index (χ4n) is 3.26. The number of H-pyrrole nitrogens is 1. The number of aromatic nitrogens is 2. The number of hydrogen-bond acceptors (Lipinski definition) is 5. The molecular weight excluding hydrogens is 455 g/mol. The predicted octanol–water partition coefficient (Wildman–Crippen LogP) is 3.78. The largest absolute Gasteiger partial charge is 0.450 e. The highest BCUT2D eigenvalue weighted by atomic mass is 19.4. The molecule has 33 heavy (non-hydrogen) atoms. The lowest BCUT2D eigenvalue weighted by Gasteiger charge is -2.39. The van der Waals surface area contributed by atoms with Crippen LogP contribution in [0.25, 0.3) is 11.0 Å². The van der Waals surface area contributed by atoms with Crippen LogP contribution in [-0.2, 0) is 10.9 Å². The number of aromatic amines is 1. The summed E-state index contributed by atoms with van der Waals surface area (Å²) in [5, 5.41) is 13.6. The molecule has 0 spiro atoms. The number of nitrogens with zero attached hydrogens (tertiary/aromatic N) is 1. The Balaban J connectivity index is 1.53. The second-order valence-corrected chi connectivity index (χ2v) is 7.56. The second kappa shape index (κ2) is 8.48. The van der Waals surface area contributed by atoms with Crippen LogP contribution in [-0.4, -0.2) is 47.5 Å². The molecule has 0 bridgehead atoms. The van der Waals surface area contributed by atoms with Gasteiger partial charge in [-0.3, -0.25) is 0 Å². The number of hydrogen-bond donors (Lipinski definition) is 4. The number of anilines is 1. The third-order valence-electron chi connectivity index (χ3n) is 5.08. The van der Waals surface area contributed by atoms with Crippen molar-refractivity contribution in [3.05, 3.63) is 47.8 Å². The molecule has 1 aromatic carbocycles. The van der Waals surface area contributed by atoms with Crippen LogP contribution in [0.2, 0.25) is 0 Å². The molecule has 3 aromatic rings. The maximum Gasteiger partial charge on any atom is 0.418 e. The number of carbonyl (C=O) groups excluding carboxylic acids is 1. The average Bonchev–Trinajstić information content (AvgIpc) is 3.16. The quantitative estimate of drug-likeness (QED) is 0.409. The highest BCUT2D eigenvalue weighted by Gasteiger charge is 2.38. The normalized spacial score (nSPS) is 15.2. The van der Waals surface area contributed by atoms with Crippen molar-refractivity contribution in [3.63, 3.8) is 0 Å². The lowest BCUT2D eigenvalue weighted by molar-refractivity contribution is -0.136. The van der Waals surface area contributed by atoms with Gasteiger partial charge in [-0.2, -0.15) is 13.2 Å². The third-order valence-corrected chi connectivity index (χ3v) is 5.08. The Hall–Kier alpha value is -3.45. The van der Waals surface area contributed by atoms with Crippen LogP contribution in [0, 0.1) is 17.0 Å². The molecule has 2 aromatic heterocycles. The molecule has 0 aliphatic carbocycles. The Morgan fingerprint density at radius 1 is 1.27 bits per heavy atom. The summed E-state index contributed by atoms with van der Waals surface area (Å²) in [6.07, 6.45) is -2.95. The van der Waals surface area contributed by atoms with Crippen molar-refractivity contribution in [3.8, 4) is 11.5 Å². The van der Waals surface area contributed by atoms with Gasteiger partial charge in [0.25, 0.3) is 0 Å². The fraction of sp³-hybridized carbons (Fsp3) is 0.300. The van der Waals surface area contributed by atoms with Gasteiger partial charge in [-0.25, -0.2) is 18.6 Å². The first-order valence-corrected chi connectivity index (χ1v) is 9.55. The molecule has 1 aliphatic heterocycles. The zero-order valence-corrected chi connectivity index (χ0v) is 16.7. The third kappa shape index (κ3) is 4.54. The van der Waals surface area contributed by atoms with E-state index in [9.17, 15) is 31.9 Å². The van der Waals surface area contributed by atoms with Gasteiger partial charge >= 0.3 is 12.2 Å². The molecule has 13 heteroatoms. The van der Waals surface area contributed by atoms with Gasteiger partial charge in [-0.1, -0.05) is 0 Å². The number of urea groups is 1. The lowest BCUT2D eigenvalue weighted by Crippen LogP contribution is -2.53. The molecule has 0 saturated carbocycles. The summed E-state index contributed by atoms with van der Waals surface area (Å²) in [4.78, 5) is 18.1. The van der Waals surface area contributed by atoms with Crippen molar-refractivity contribution in [2.45, 2.75) is 6.18 Å². The highest BCUT2D eigenvalue weighted by molar-refractivity contribution is 5.89. The van der Waals surface area contributed by atoms with Crippen LogP contribution in [0.1, 0.15) is 5.56 Å². The van der Waals surface area contributed by atoms with Crippen LogP contribution < -0.4 is 15.4 Å². The number of amides is 2. The number of alkyl halides is 3. The summed E-state index contributed by atoms with van der Waals surface area (Å²) in [6, 6.07) is 1.78. The Morgan fingerprint density at radius 2 is 1.97 bits per heavy atom. The first kappa shape index (κ1) is 22.7. The van der Waals surface area contributed by atoms with Gasteiger partial charge in [-0.05, 0) is 6.07 Å². The Morgan fingerprint density at radius 3 is 2.55 bits per heavy atom. The molecule has 1 saturated heterocycles. The van der Waals surface area contributed by atoms with Gasteiger partial charge in [0, 0.05) is 36.8 Å². The minimum Gasteiger partial charge on any atom is -0.450 e. The number of benzene rings is 1. The molecule has 0 atom stereocenters. The van der Waals surface area contributed by atoms with Gasteiger partial charge in [0.15, 0.2) is 17.4 Å². The van der Waals surface area contributed by atoms with Crippen molar-refractivity contribution in [1.82, 2.24) is 15.3 Å². The minimum atomic E-state index is -4.75. The molecule has 3 heterocycles. The monoisotopic (exact) mass is 472 g/mol. The number of pyridine rings is 1. The van der Waals surface area contributed by atoms with Crippen molar-refractivity contribution < 1.29 is 41.3 Å². The number of aliphatic hydroxyl groups is 1. The van der Waals surface area contributed by atoms with Crippen LogP contribution in [0.5, 0.6) is 11.5 Å². The summed E-state index contributed by atoms with van der Waals surface area (Å²) >= 11 is 0. The van der Waals surface area contributed by atoms with Gasteiger partial charge in [-0.15, -0.1) is 0 Å². The van der Waals surface area contributed by atoms with Crippen LogP contribution in [0.15, 0.2) is 30.6 Å². The maximum atomic E-state index is 14.6. The highest BCUT2D eigenvalue weighted by Crippen LogP contribution is 2.40. The SMILES string of the molecule is O=C(NCC1(CO)COC1)Nc1cc(F)c(Oc2ccnc3[nH]cc(C(F)(F)F)c23)c(F)c1. The van der Waals surface area contributed by atoms with E-state index in [1.807, 2.05) is 0 Å². The van der Waals surface area contributed by atoms with Crippen molar-refractivity contribution >= 4 is 22.8 Å². The smallest absolute Gasteiger partial charge is 0.418 e. The van der Waals surface area contributed by atoms with Gasteiger partial charge < -0.3 is 30.2 Å². The molecule has 2 amide bonds. The van der Waals surface area contributed by atoms with E-state index in [0.717, 1.165) is 24.4 Å². The van der Waals surface area contributed by atoms with E-state index in [-0.39, 0.29) is 37.7 Å². The van der Waals surface area contributed by atoms with Crippen molar-refractivity contribution in [1.29, 1.82) is 0 Å². The molecule has 0 radical (unpaired) electrons. The molecule has 4 N–H and O–H groups in total. The second-order valence-electron chi connectivity index (χ2n) is 7.56. The molecule has 4 rings (SSSR count). The minimum absolute atomic E-state index is 0.0811. The lowest BCUT2D eigenvalue weighted by atomic mass is 9.87. The van der Waals surface area contributed by atoms with Crippen molar-refractivity contribution in [2.24, 2.45) is 5.41 Å². The summed E-state index contributed by atoms with van der Waals surface area (Å²) < 4.78 is 79.1. The topological polar surface area (TPSA) is 108 Å². The maximum absolute atomic E-state index is 14.6. The zero-order valence-electron chi connectivity index (χ0n) is 16.7. The number of halogens is 5. The number of ether oxygens (including phenoxy) is 2. The molecule has 1 fully saturated rings. The number of nitrogens with one attached hydrogen (secondary N) is 3. The Kier molecular flexibility index (Phi) is 5.84. The number of carbonyl (C=O) groups is 1. The summed E-state index contributed by atoms with van der Waals surface area (Å²) in [5.41, 5.74) is -2.13. The van der Waals surface area contributed by atoms with Crippen LogP contribution in [0.3, 0.4) is 0 Å². The average molecular weight is 472 g/mol. The van der Waals surface area contributed by atoms with E-state index in [2.05, 4.69) is 20.6 Å². The van der Waals surface area contributed by atoms with Crippen LogP contribution >= 0.6 is 0 Å². The predicted molar refractivity (Wildman–Crippen MR) is 105 cm³/mol. The van der Waals surface area contributed by atoms with Gasteiger partial charge in [0.1, 0.15) is 11.4 Å². The van der Waals surface area contributed by atoms with E-state index in [1.165, 1.54) is 0 Å². The number of fused-ring (bicyclic) bond motifs is 1. The molecule has 176 valence electrons. The number of aliphatic hydroxyl groups excluding tert-OH is 1. The van der Waals surface area contributed by atoms with Crippen LogP contribution in [0.4, 0.5) is 32.4 Å². The Bertz CT molecular complexity index is 1160. The summed E-state index contributed by atoms with van der Waals surface area (Å²) in [7, 11) is 0. The zero-order chi connectivity index (χ0) is 23.8. The van der Waals surface area contributed by atoms with Crippen molar-refractivity contribution in [2.75, 3.05) is 31.7 Å². The molecule has 8 nitrogen and oxygen atoms in total. The summed E-state index contributed by atoms with van der Waals surface area (Å²) in [6.45, 7) is 0.400. The first-order chi connectivity index (χ1) is 15.6. The fourth-order valence-corrected chi connectivity index (χ4v) is 3.26. The first-order valence-electron chi connectivity index (χ1n) is 9.55. The Labute approximate surface area is 182 Å². The standard InChI is InChI=1S/C20H17F5N4O4/c21-12-3-10(29-18(31)28-6-19(7-30)8-32-9-19)4-13(22)16(12)33-14-1-2-26-17-15(14)11(5-27-17)20(23,24)25/h1-5,30H,6-9H2,(H,26,27)(H2,28,29,31). The molecular formula is C20H17F5N4O4. The van der Waals surface area contributed by atoms with E-state index in [1.54, 1.807) is 0 Å². The van der Waals surface area contributed by atoms with Gasteiger partial charge in [0.05, 0.1) is 36.2 Å². The molecule has 1 aliphatic rings. The van der Waals surface area contributed by atoms with E-state index < -0.39 is 51.7 Å². The van der Waals surface area contributed by atoms with E-state index >= 15 is 0 Å². The summed E-state index contributed by atoms with van der Waals surface area (Å²) in [5.74, 6) is -3.91. The van der Waals surface area contributed by atoms with Gasteiger partial charge in [0.2, 0.25) is 0 Å². The molecule has 0 unspecified atom stereocenters. The van der Waals surface area contributed by atoms with E-state index in [4.69, 9.17) is 9.47 Å².